The summed E-state index contributed by atoms with van der Waals surface area (Å²) in [5.41, 5.74) is 1.82. The molecule has 2 aromatic carbocycles. The largest absolute Gasteiger partial charge is 0.494 e. The van der Waals surface area contributed by atoms with Crippen LogP contribution in [0.1, 0.15) is 57.3 Å². The molecule has 0 unspecified atom stereocenters. The van der Waals surface area contributed by atoms with E-state index in [4.69, 9.17) is 4.74 Å². The fraction of sp³-hybridized carbons (Fsp3) is 0.312. The molecule has 3 heterocycles. The Morgan fingerprint density at radius 3 is 2.38 bits per heavy atom. The highest BCUT2D eigenvalue weighted by Gasteiger charge is 2.31. The highest BCUT2D eigenvalue weighted by molar-refractivity contribution is 7.17. The molecule has 0 bridgehead atoms. The quantitative estimate of drug-likeness (QED) is 0.137. The van der Waals surface area contributed by atoms with E-state index in [0.717, 1.165) is 25.7 Å². The topological polar surface area (TPSA) is 199 Å². The molecule has 0 spiro atoms. The number of thiazole rings is 1. The van der Waals surface area contributed by atoms with Gasteiger partial charge >= 0.3 is 6.10 Å². The van der Waals surface area contributed by atoms with E-state index < -0.39 is 17.7 Å². The van der Waals surface area contributed by atoms with E-state index >= 15 is 0 Å². The summed E-state index contributed by atoms with van der Waals surface area (Å²) in [6.45, 7) is 1.30. The summed E-state index contributed by atoms with van der Waals surface area (Å²) in [6, 6.07) is 16.8. The summed E-state index contributed by atoms with van der Waals surface area (Å²) in [5, 5.41) is 43.4. The predicted octanol–water partition coefficient (Wildman–Crippen LogP) is 3.04. The number of aliphatic hydroxyl groups is 3. The zero-order valence-electron chi connectivity index (χ0n) is 25.3. The number of nitrogens with zero attached hydrogens (tertiary/aromatic N) is 4. The van der Waals surface area contributed by atoms with Crippen LogP contribution in [0.3, 0.4) is 0 Å². The Hall–Kier alpha value is -4.96. The van der Waals surface area contributed by atoms with Crippen LogP contribution in [0.15, 0.2) is 60.8 Å². The number of nitrogens with one attached hydrogen (secondary N) is 3. The van der Waals surface area contributed by atoms with E-state index in [2.05, 4.69) is 37.9 Å². The number of rotatable bonds is 10. The molecule has 6 rings (SSSR count). The summed E-state index contributed by atoms with van der Waals surface area (Å²) < 4.78 is 5.74. The number of benzene rings is 2. The third-order valence-electron chi connectivity index (χ3n) is 7.98. The van der Waals surface area contributed by atoms with Crippen LogP contribution in [-0.4, -0.2) is 79.4 Å². The fourth-order valence-electron chi connectivity index (χ4n) is 5.46. The minimum Gasteiger partial charge on any atom is -0.494 e. The number of hydrogen-bond donors (Lipinski definition) is 6. The molecular weight excluding hydrogens is 626 g/mol. The molecular formula is C32H33N7O7S. The summed E-state index contributed by atoms with van der Waals surface area (Å²) >= 11 is 1.23. The Labute approximate surface area is 273 Å². The van der Waals surface area contributed by atoms with Gasteiger partial charge in [0.15, 0.2) is 17.3 Å². The fourth-order valence-corrected chi connectivity index (χ4v) is 6.37. The lowest BCUT2D eigenvalue weighted by Gasteiger charge is -2.31. The Morgan fingerprint density at radius 2 is 1.70 bits per heavy atom. The maximum absolute atomic E-state index is 13.4. The van der Waals surface area contributed by atoms with Crippen molar-refractivity contribution in [2.45, 2.75) is 37.7 Å². The molecule has 0 atom stereocenters. The number of ether oxygens (including phenoxy) is 1. The van der Waals surface area contributed by atoms with Crippen molar-refractivity contribution >= 4 is 46.3 Å². The summed E-state index contributed by atoms with van der Waals surface area (Å²) in [5.74, 6) is -0.811. The molecule has 1 saturated heterocycles. The smallest absolute Gasteiger partial charge is 0.369 e. The SMILES string of the molecule is COc1c(Nc2cc(NC(=O)C3CC3)nnc2C(=O)NC(O)(O)O)cccc1-c1ncc(C(=O)N2CCC(c3ccccc3)CC2)s1. The molecule has 1 aliphatic heterocycles. The van der Waals surface area contributed by atoms with Crippen molar-refractivity contribution in [2.24, 2.45) is 5.92 Å². The van der Waals surface area contributed by atoms with Gasteiger partial charge in [0.1, 0.15) is 9.88 Å². The van der Waals surface area contributed by atoms with Crippen molar-refractivity contribution < 1.29 is 34.4 Å². The maximum Gasteiger partial charge on any atom is 0.369 e. The molecule has 2 fully saturated rings. The van der Waals surface area contributed by atoms with Crippen LogP contribution in [0.5, 0.6) is 5.75 Å². The van der Waals surface area contributed by atoms with Gasteiger partial charge in [0.2, 0.25) is 5.91 Å². The van der Waals surface area contributed by atoms with Gasteiger partial charge in [-0.3, -0.25) is 19.7 Å². The summed E-state index contributed by atoms with van der Waals surface area (Å²) in [7, 11) is 1.46. The Balaban J connectivity index is 1.23. The van der Waals surface area contributed by atoms with Gasteiger partial charge in [-0.2, -0.15) is 0 Å². The van der Waals surface area contributed by atoms with Gasteiger partial charge in [-0.05, 0) is 49.3 Å². The van der Waals surface area contributed by atoms with Crippen LogP contribution in [0.25, 0.3) is 10.6 Å². The molecule has 1 saturated carbocycles. The van der Waals surface area contributed by atoms with Crippen molar-refractivity contribution in [3.05, 3.63) is 76.9 Å². The van der Waals surface area contributed by atoms with Crippen molar-refractivity contribution in [2.75, 3.05) is 30.8 Å². The molecule has 2 aliphatic rings. The number of anilines is 3. The minimum atomic E-state index is -3.51. The standard InChI is InChI=1S/C32H33N7O7S/c1-46-27-21(30-33-17-24(47-30)31(42)39-14-12-19(13-15-39)18-6-3-2-4-7-18)8-5-9-22(27)34-23-16-25(35-28(40)20-10-11-20)37-38-26(23)29(41)36-32(43,44)45/h2-9,16-17,19-20,43-45H,10-15H2,1H3,(H,36,41)(H2,34,35,37,40). The first-order chi connectivity index (χ1) is 22.6. The molecule has 3 amide bonds. The van der Waals surface area contributed by atoms with Gasteiger partial charge in [-0.1, -0.05) is 36.4 Å². The van der Waals surface area contributed by atoms with Crippen molar-refractivity contribution in [3.8, 4) is 16.3 Å². The van der Waals surface area contributed by atoms with E-state index in [1.165, 1.54) is 30.1 Å². The van der Waals surface area contributed by atoms with E-state index in [1.54, 1.807) is 29.7 Å². The number of hydrogen-bond acceptors (Lipinski definition) is 12. The molecule has 6 N–H and O–H groups in total. The molecule has 0 radical (unpaired) electrons. The van der Waals surface area contributed by atoms with E-state index in [1.807, 2.05) is 23.1 Å². The van der Waals surface area contributed by atoms with E-state index in [9.17, 15) is 29.7 Å². The van der Waals surface area contributed by atoms with Gasteiger partial charge in [-0.15, -0.1) is 21.5 Å². The van der Waals surface area contributed by atoms with Gasteiger partial charge in [0.05, 0.1) is 30.2 Å². The van der Waals surface area contributed by atoms with Gasteiger partial charge in [0, 0.05) is 25.1 Å². The maximum atomic E-state index is 13.4. The van der Waals surface area contributed by atoms with Crippen LogP contribution in [-0.2, 0) is 4.79 Å². The number of carbonyl (C=O) groups is 3. The normalized spacial score (nSPS) is 15.2. The lowest BCUT2D eigenvalue weighted by atomic mass is 9.89. The predicted molar refractivity (Wildman–Crippen MR) is 172 cm³/mol. The Bertz CT molecular complexity index is 1780. The second-order valence-electron chi connectivity index (χ2n) is 11.4. The zero-order valence-corrected chi connectivity index (χ0v) is 26.2. The number of para-hydroxylation sites is 1. The molecule has 47 heavy (non-hydrogen) atoms. The minimum absolute atomic E-state index is 0.0113. The molecule has 15 heteroatoms. The third kappa shape index (κ3) is 7.55. The molecule has 14 nitrogen and oxygen atoms in total. The van der Waals surface area contributed by atoms with E-state index in [-0.39, 0.29) is 29.2 Å². The monoisotopic (exact) mass is 659 g/mol. The van der Waals surface area contributed by atoms with Crippen molar-refractivity contribution in [1.29, 1.82) is 0 Å². The van der Waals surface area contributed by atoms with Gasteiger partial charge < -0.3 is 35.6 Å². The molecule has 244 valence electrons. The number of piperidine rings is 1. The van der Waals surface area contributed by atoms with Crippen LogP contribution < -0.4 is 20.7 Å². The lowest BCUT2D eigenvalue weighted by Crippen LogP contribution is -2.48. The van der Waals surface area contributed by atoms with Crippen LogP contribution in [0.4, 0.5) is 17.2 Å². The van der Waals surface area contributed by atoms with Gasteiger partial charge in [0.25, 0.3) is 11.8 Å². The summed E-state index contributed by atoms with van der Waals surface area (Å²) in [6.07, 6.45) is 1.34. The Kier molecular flexibility index (Phi) is 9.13. The zero-order chi connectivity index (χ0) is 33.1. The van der Waals surface area contributed by atoms with Gasteiger partial charge in [-0.25, -0.2) is 4.98 Å². The van der Waals surface area contributed by atoms with Crippen LogP contribution >= 0.6 is 11.3 Å². The lowest BCUT2D eigenvalue weighted by molar-refractivity contribution is -0.323. The molecule has 1 aliphatic carbocycles. The Morgan fingerprint density at radius 1 is 0.957 bits per heavy atom. The number of carbonyl (C=O) groups excluding carboxylic acids is 3. The van der Waals surface area contributed by atoms with E-state index in [0.29, 0.717) is 45.9 Å². The second-order valence-corrected chi connectivity index (χ2v) is 12.4. The molecule has 4 aromatic rings. The number of amides is 3. The average molecular weight is 660 g/mol. The first-order valence-electron chi connectivity index (χ1n) is 15.0. The highest BCUT2D eigenvalue weighted by atomic mass is 32.1. The third-order valence-corrected chi connectivity index (χ3v) is 9.00. The summed E-state index contributed by atoms with van der Waals surface area (Å²) in [4.78, 5) is 45.4. The van der Waals surface area contributed by atoms with Crippen LogP contribution in [0.2, 0.25) is 0 Å². The number of likely N-dealkylation sites (tertiary alicyclic amines) is 1. The molecule has 2 aromatic heterocycles. The highest BCUT2D eigenvalue weighted by Crippen LogP contribution is 2.40. The number of methoxy groups -OCH3 is 1. The van der Waals surface area contributed by atoms with Crippen LogP contribution in [0, 0.1) is 5.92 Å². The number of aromatic nitrogens is 3. The second kappa shape index (κ2) is 13.4. The first kappa shape index (κ1) is 32.0. The van der Waals surface area contributed by atoms with Crippen molar-refractivity contribution in [3.63, 3.8) is 0 Å². The first-order valence-corrected chi connectivity index (χ1v) is 15.8. The average Bonchev–Trinajstić information content (AvgIpc) is 3.81. The van der Waals surface area contributed by atoms with Crippen molar-refractivity contribution in [1.82, 2.24) is 25.4 Å².